The molecule has 1 aliphatic heterocycles. The van der Waals surface area contributed by atoms with Gasteiger partial charge in [0.1, 0.15) is 0 Å². The number of carbonyl (C=O) groups excluding carboxylic acids is 2. The molecule has 1 saturated heterocycles. The number of hydrogen-bond acceptors (Lipinski definition) is 4. The van der Waals surface area contributed by atoms with Gasteiger partial charge in [-0.25, -0.2) is 8.42 Å². The van der Waals surface area contributed by atoms with Crippen molar-refractivity contribution in [3.05, 3.63) is 57.6 Å². The van der Waals surface area contributed by atoms with Gasteiger partial charge in [0.15, 0.2) is 0 Å². The van der Waals surface area contributed by atoms with Crippen molar-refractivity contribution < 1.29 is 18.0 Å². The predicted molar refractivity (Wildman–Crippen MR) is 115 cm³/mol. The minimum Gasteiger partial charge on any atom is -0.355 e. The van der Waals surface area contributed by atoms with Crippen LogP contribution in [0, 0.1) is 6.92 Å². The molecule has 1 fully saturated rings. The summed E-state index contributed by atoms with van der Waals surface area (Å²) in [6.07, 6.45) is 1.67. The summed E-state index contributed by atoms with van der Waals surface area (Å²) in [7, 11) is -2.10. The zero-order valence-corrected chi connectivity index (χ0v) is 18.6. The topological polar surface area (TPSA) is 95.6 Å². The standard InChI is InChI=1S/C20H22BrN3O4S/c1-13-15(19(25)22-2)6-5-7-18(13)23-20(26)16-12-14(8-9-17(16)21)29(27,28)24-10-3-4-11-24/h5-9,12H,3-4,10-11H2,1-2H3,(H,22,25)(H,23,26). The maximum atomic E-state index is 12.9. The lowest BCUT2D eigenvalue weighted by Gasteiger charge is -2.17. The van der Waals surface area contributed by atoms with Gasteiger partial charge in [0.2, 0.25) is 10.0 Å². The Labute approximate surface area is 178 Å². The minimum absolute atomic E-state index is 0.0867. The smallest absolute Gasteiger partial charge is 0.256 e. The number of nitrogens with one attached hydrogen (secondary N) is 2. The number of carbonyl (C=O) groups is 2. The van der Waals surface area contributed by atoms with Gasteiger partial charge in [-0.2, -0.15) is 4.31 Å². The third-order valence-corrected chi connectivity index (χ3v) is 7.53. The number of nitrogens with zero attached hydrogens (tertiary/aromatic N) is 1. The van der Waals surface area contributed by atoms with E-state index in [4.69, 9.17) is 0 Å². The number of benzene rings is 2. The van der Waals surface area contributed by atoms with Crippen LogP contribution in [0.4, 0.5) is 5.69 Å². The molecule has 3 rings (SSSR count). The van der Waals surface area contributed by atoms with E-state index in [0.717, 1.165) is 12.8 Å². The molecule has 2 aromatic carbocycles. The summed E-state index contributed by atoms with van der Waals surface area (Å²) < 4.78 is 27.6. The number of sulfonamides is 1. The monoisotopic (exact) mass is 479 g/mol. The Balaban J connectivity index is 1.92. The molecule has 0 saturated carbocycles. The Morgan fingerprint density at radius 1 is 1.03 bits per heavy atom. The molecule has 154 valence electrons. The molecular formula is C20H22BrN3O4S. The maximum Gasteiger partial charge on any atom is 0.256 e. The fraction of sp³-hybridized carbons (Fsp3) is 0.300. The maximum absolute atomic E-state index is 12.9. The van der Waals surface area contributed by atoms with Crippen molar-refractivity contribution in [3.8, 4) is 0 Å². The van der Waals surface area contributed by atoms with Crippen LogP contribution in [0.15, 0.2) is 45.8 Å². The lowest BCUT2D eigenvalue weighted by atomic mass is 10.1. The molecule has 2 aromatic rings. The Morgan fingerprint density at radius 3 is 2.38 bits per heavy atom. The van der Waals surface area contributed by atoms with Crippen LogP contribution in [0.3, 0.4) is 0 Å². The highest BCUT2D eigenvalue weighted by Crippen LogP contribution is 2.27. The second-order valence-electron chi connectivity index (χ2n) is 6.76. The summed E-state index contributed by atoms with van der Waals surface area (Å²) >= 11 is 3.33. The second-order valence-corrected chi connectivity index (χ2v) is 9.56. The average molecular weight is 480 g/mol. The molecule has 1 heterocycles. The molecule has 1 aliphatic rings. The highest BCUT2D eigenvalue weighted by molar-refractivity contribution is 9.10. The van der Waals surface area contributed by atoms with E-state index in [0.29, 0.717) is 34.4 Å². The lowest BCUT2D eigenvalue weighted by Crippen LogP contribution is -2.28. The molecule has 0 aliphatic carbocycles. The fourth-order valence-electron chi connectivity index (χ4n) is 3.26. The van der Waals surface area contributed by atoms with E-state index in [1.54, 1.807) is 31.2 Å². The summed E-state index contributed by atoms with van der Waals surface area (Å²) in [6.45, 7) is 2.72. The van der Waals surface area contributed by atoms with Gasteiger partial charge in [-0.15, -0.1) is 0 Å². The SMILES string of the molecule is CNC(=O)c1cccc(NC(=O)c2cc(S(=O)(=O)N3CCCC3)ccc2Br)c1C. The van der Waals surface area contributed by atoms with E-state index in [1.807, 2.05) is 0 Å². The van der Waals surface area contributed by atoms with Gasteiger partial charge in [-0.1, -0.05) is 6.07 Å². The summed E-state index contributed by atoms with van der Waals surface area (Å²) in [5.41, 5.74) is 1.76. The van der Waals surface area contributed by atoms with Crippen molar-refractivity contribution >= 4 is 43.5 Å². The number of anilines is 1. The third-order valence-electron chi connectivity index (χ3n) is 4.94. The van der Waals surface area contributed by atoms with Crippen LogP contribution in [-0.4, -0.2) is 44.7 Å². The van der Waals surface area contributed by atoms with Gasteiger partial charge in [-0.3, -0.25) is 9.59 Å². The van der Waals surface area contributed by atoms with E-state index >= 15 is 0 Å². The highest BCUT2D eigenvalue weighted by Gasteiger charge is 2.28. The Hall–Kier alpha value is -2.23. The van der Waals surface area contributed by atoms with Crippen molar-refractivity contribution in [2.75, 3.05) is 25.5 Å². The first-order chi connectivity index (χ1) is 13.8. The summed E-state index contributed by atoms with van der Waals surface area (Å²) in [6, 6.07) is 9.47. The van der Waals surface area contributed by atoms with Gasteiger partial charge < -0.3 is 10.6 Å². The van der Waals surface area contributed by atoms with Crippen LogP contribution in [0.25, 0.3) is 0 Å². The van der Waals surface area contributed by atoms with Crippen LogP contribution in [0.2, 0.25) is 0 Å². The first-order valence-electron chi connectivity index (χ1n) is 9.18. The van der Waals surface area contributed by atoms with Crippen LogP contribution in [-0.2, 0) is 10.0 Å². The summed E-state index contributed by atoms with van der Waals surface area (Å²) in [4.78, 5) is 24.9. The number of hydrogen-bond donors (Lipinski definition) is 2. The van der Waals surface area contributed by atoms with E-state index in [1.165, 1.54) is 23.5 Å². The second kappa shape index (κ2) is 8.64. The molecule has 0 radical (unpaired) electrons. The Morgan fingerprint density at radius 2 is 1.72 bits per heavy atom. The highest BCUT2D eigenvalue weighted by atomic mass is 79.9. The molecule has 9 heteroatoms. The minimum atomic E-state index is -3.63. The first-order valence-corrected chi connectivity index (χ1v) is 11.4. The number of halogens is 1. The molecular weight excluding hydrogens is 458 g/mol. The lowest BCUT2D eigenvalue weighted by molar-refractivity contribution is 0.0960. The van der Waals surface area contributed by atoms with Crippen molar-refractivity contribution in [1.29, 1.82) is 0 Å². The molecule has 2 amide bonds. The molecule has 0 unspecified atom stereocenters. The first kappa shape index (κ1) is 21.5. The molecule has 0 bridgehead atoms. The molecule has 0 atom stereocenters. The van der Waals surface area contributed by atoms with Crippen molar-refractivity contribution in [2.45, 2.75) is 24.7 Å². The molecule has 0 aromatic heterocycles. The van der Waals surface area contributed by atoms with E-state index in [9.17, 15) is 18.0 Å². The predicted octanol–water partition coefficient (Wildman–Crippen LogP) is 3.15. The van der Waals surface area contributed by atoms with Crippen LogP contribution in [0.1, 0.15) is 39.1 Å². The third kappa shape index (κ3) is 4.36. The number of amides is 2. The van der Waals surface area contributed by atoms with Crippen molar-refractivity contribution in [3.63, 3.8) is 0 Å². The van der Waals surface area contributed by atoms with E-state index in [2.05, 4.69) is 26.6 Å². The van der Waals surface area contributed by atoms with Gasteiger partial charge in [-0.05, 0) is 71.6 Å². The number of rotatable bonds is 5. The van der Waals surface area contributed by atoms with Gasteiger partial charge in [0, 0.05) is 35.9 Å². The van der Waals surface area contributed by atoms with Crippen LogP contribution < -0.4 is 10.6 Å². The molecule has 7 nitrogen and oxygen atoms in total. The summed E-state index contributed by atoms with van der Waals surface area (Å²) in [5, 5.41) is 5.34. The molecule has 29 heavy (non-hydrogen) atoms. The van der Waals surface area contributed by atoms with Gasteiger partial charge in [0.25, 0.3) is 11.8 Å². The van der Waals surface area contributed by atoms with Gasteiger partial charge >= 0.3 is 0 Å². The van der Waals surface area contributed by atoms with Crippen LogP contribution >= 0.6 is 15.9 Å². The zero-order chi connectivity index (χ0) is 21.2. The molecule has 2 N–H and O–H groups in total. The van der Waals surface area contributed by atoms with E-state index < -0.39 is 15.9 Å². The van der Waals surface area contributed by atoms with Crippen LogP contribution in [0.5, 0.6) is 0 Å². The summed E-state index contributed by atoms with van der Waals surface area (Å²) in [5.74, 6) is -0.717. The van der Waals surface area contributed by atoms with Crippen molar-refractivity contribution in [1.82, 2.24) is 9.62 Å². The normalized spacial score (nSPS) is 14.6. The largest absolute Gasteiger partial charge is 0.355 e. The Bertz CT molecular complexity index is 1060. The quantitative estimate of drug-likeness (QED) is 0.688. The van der Waals surface area contributed by atoms with Gasteiger partial charge in [0.05, 0.1) is 10.5 Å². The van der Waals surface area contributed by atoms with Crippen molar-refractivity contribution in [2.24, 2.45) is 0 Å². The average Bonchev–Trinajstić information content (AvgIpc) is 3.25. The Kier molecular flexibility index (Phi) is 6.40. The zero-order valence-electron chi connectivity index (χ0n) is 16.2. The fourth-order valence-corrected chi connectivity index (χ4v) is 5.23. The van der Waals surface area contributed by atoms with E-state index in [-0.39, 0.29) is 16.4 Å². The molecule has 0 spiro atoms.